The summed E-state index contributed by atoms with van der Waals surface area (Å²) in [6, 6.07) is 12.4. The first kappa shape index (κ1) is 17.9. The number of aliphatic imine (C=N–C) groups is 1. The van der Waals surface area contributed by atoms with Crippen LogP contribution in [0.15, 0.2) is 47.6 Å². The predicted molar refractivity (Wildman–Crippen MR) is 99.6 cm³/mol. The number of hydrogen-bond acceptors (Lipinski definition) is 2. The van der Waals surface area contributed by atoms with Gasteiger partial charge in [-0.2, -0.15) is 0 Å². The van der Waals surface area contributed by atoms with Gasteiger partial charge in [0.05, 0.1) is 13.7 Å². The molecule has 2 aromatic rings. The Balaban J connectivity index is 1.94. The van der Waals surface area contributed by atoms with Crippen LogP contribution >= 0.6 is 0 Å². The molecule has 0 spiro atoms. The Hall–Kier alpha value is -2.43. The summed E-state index contributed by atoms with van der Waals surface area (Å²) in [6.07, 6.45) is 2.98. The van der Waals surface area contributed by atoms with Gasteiger partial charge in [0.25, 0.3) is 0 Å². The number of methoxy groups -OCH3 is 1. The second-order valence-corrected chi connectivity index (χ2v) is 5.80. The van der Waals surface area contributed by atoms with Crippen molar-refractivity contribution in [1.82, 2.24) is 14.8 Å². The van der Waals surface area contributed by atoms with E-state index >= 15 is 0 Å². The van der Waals surface area contributed by atoms with Crippen LogP contribution in [0.1, 0.15) is 18.2 Å². The van der Waals surface area contributed by atoms with Gasteiger partial charge >= 0.3 is 0 Å². The molecule has 0 saturated carbocycles. The lowest BCUT2D eigenvalue weighted by Gasteiger charge is -2.22. The molecule has 1 heterocycles. The molecule has 0 aliphatic carbocycles. The minimum atomic E-state index is 0.756. The molecule has 0 amide bonds. The SMILES string of the molecule is CCNC(=NCCc1ccc(OC)cc1)N(C)Cc1cccn1C. The third kappa shape index (κ3) is 5.05. The molecule has 5 nitrogen and oxygen atoms in total. The fourth-order valence-electron chi connectivity index (χ4n) is 2.53. The number of rotatable bonds is 7. The van der Waals surface area contributed by atoms with Crippen LogP contribution in [0.3, 0.4) is 0 Å². The van der Waals surface area contributed by atoms with E-state index in [1.54, 1.807) is 7.11 Å². The molecule has 1 N–H and O–H groups in total. The lowest BCUT2D eigenvalue weighted by atomic mass is 10.1. The van der Waals surface area contributed by atoms with E-state index in [0.717, 1.165) is 37.8 Å². The molecular weight excluding hydrogens is 300 g/mol. The van der Waals surface area contributed by atoms with Gasteiger partial charge in [-0.25, -0.2) is 0 Å². The van der Waals surface area contributed by atoms with Crippen LogP contribution < -0.4 is 10.1 Å². The highest BCUT2D eigenvalue weighted by Crippen LogP contribution is 2.11. The van der Waals surface area contributed by atoms with E-state index in [9.17, 15) is 0 Å². The van der Waals surface area contributed by atoms with Crippen molar-refractivity contribution in [2.75, 3.05) is 27.2 Å². The average molecular weight is 328 g/mol. The van der Waals surface area contributed by atoms with Crippen molar-refractivity contribution in [3.05, 3.63) is 53.9 Å². The Bertz CT molecular complexity index is 646. The Morgan fingerprint density at radius 2 is 2.00 bits per heavy atom. The maximum atomic E-state index is 5.19. The van der Waals surface area contributed by atoms with Crippen molar-refractivity contribution in [2.45, 2.75) is 19.9 Å². The maximum absolute atomic E-state index is 5.19. The van der Waals surface area contributed by atoms with Crippen LogP contribution in [0.4, 0.5) is 0 Å². The Kier molecular flexibility index (Phi) is 6.73. The number of ether oxygens (including phenoxy) is 1. The molecule has 5 heteroatoms. The van der Waals surface area contributed by atoms with E-state index in [0.29, 0.717) is 0 Å². The molecule has 0 radical (unpaired) electrons. The highest BCUT2D eigenvalue weighted by atomic mass is 16.5. The van der Waals surface area contributed by atoms with Crippen molar-refractivity contribution >= 4 is 5.96 Å². The summed E-state index contributed by atoms with van der Waals surface area (Å²) >= 11 is 0. The van der Waals surface area contributed by atoms with Crippen molar-refractivity contribution in [2.24, 2.45) is 12.0 Å². The minimum Gasteiger partial charge on any atom is -0.497 e. The highest BCUT2D eigenvalue weighted by molar-refractivity contribution is 5.79. The van der Waals surface area contributed by atoms with Gasteiger partial charge in [-0.1, -0.05) is 12.1 Å². The number of aryl methyl sites for hydroxylation is 1. The predicted octanol–water partition coefficient (Wildman–Crippen LogP) is 2.67. The second-order valence-electron chi connectivity index (χ2n) is 5.80. The molecule has 0 atom stereocenters. The average Bonchev–Trinajstić information content (AvgIpc) is 2.99. The van der Waals surface area contributed by atoms with Crippen molar-refractivity contribution < 1.29 is 4.74 Å². The number of hydrogen-bond donors (Lipinski definition) is 1. The molecule has 0 unspecified atom stereocenters. The van der Waals surface area contributed by atoms with Crippen molar-refractivity contribution in [3.63, 3.8) is 0 Å². The van der Waals surface area contributed by atoms with Crippen LogP contribution in [-0.4, -0.2) is 42.7 Å². The zero-order valence-corrected chi connectivity index (χ0v) is 15.1. The molecule has 0 aliphatic rings. The molecule has 130 valence electrons. The van der Waals surface area contributed by atoms with Gasteiger partial charge < -0.3 is 19.5 Å². The van der Waals surface area contributed by atoms with Gasteiger partial charge in [-0.15, -0.1) is 0 Å². The van der Waals surface area contributed by atoms with Crippen LogP contribution in [0.2, 0.25) is 0 Å². The standard InChI is InChI=1S/C19H28N4O/c1-5-20-19(23(3)15-17-7-6-14-22(17)2)21-13-12-16-8-10-18(24-4)11-9-16/h6-11,14H,5,12-13,15H2,1-4H3,(H,20,21). The number of aromatic nitrogens is 1. The third-order valence-electron chi connectivity index (χ3n) is 3.97. The summed E-state index contributed by atoms with van der Waals surface area (Å²) in [7, 11) is 5.82. The van der Waals surface area contributed by atoms with Crippen LogP contribution in [0, 0.1) is 0 Å². The van der Waals surface area contributed by atoms with Gasteiger partial charge in [0.2, 0.25) is 0 Å². The Morgan fingerprint density at radius 3 is 2.58 bits per heavy atom. The van der Waals surface area contributed by atoms with E-state index in [-0.39, 0.29) is 0 Å². The van der Waals surface area contributed by atoms with E-state index in [4.69, 9.17) is 9.73 Å². The van der Waals surface area contributed by atoms with Crippen molar-refractivity contribution in [1.29, 1.82) is 0 Å². The lowest BCUT2D eigenvalue weighted by Crippen LogP contribution is -2.39. The summed E-state index contributed by atoms with van der Waals surface area (Å²) in [4.78, 5) is 6.91. The summed E-state index contributed by atoms with van der Waals surface area (Å²) in [5, 5.41) is 3.37. The number of benzene rings is 1. The molecule has 1 aromatic heterocycles. The van der Waals surface area contributed by atoms with E-state index in [2.05, 4.69) is 66.3 Å². The number of guanidine groups is 1. The maximum Gasteiger partial charge on any atom is 0.194 e. The van der Waals surface area contributed by atoms with Crippen molar-refractivity contribution in [3.8, 4) is 5.75 Å². The van der Waals surface area contributed by atoms with E-state index < -0.39 is 0 Å². The minimum absolute atomic E-state index is 0.756. The monoisotopic (exact) mass is 328 g/mol. The molecule has 0 bridgehead atoms. The summed E-state index contributed by atoms with van der Waals surface area (Å²) in [6.45, 7) is 4.54. The van der Waals surface area contributed by atoms with Gasteiger partial charge in [-0.05, 0) is 43.2 Å². The van der Waals surface area contributed by atoms with Gasteiger partial charge in [0, 0.05) is 39.1 Å². The highest BCUT2D eigenvalue weighted by Gasteiger charge is 2.08. The van der Waals surface area contributed by atoms with E-state index in [1.807, 2.05) is 12.1 Å². The summed E-state index contributed by atoms with van der Waals surface area (Å²) < 4.78 is 7.32. The first-order valence-electron chi connectivity index (χ1n) is 8.36. The first-order chi connectivity index (χ1) is 11.6. The fourth-order valence-corrected chi connectivity index (χ4v) is 2.53. The summed E-state index contributed by atoms with van der Waals surface area (Å²) in [5.74, 6) is 1.82. The fraction of sp³-hybridized carbons (Fsp3) is 0.421. The van der Waals surface area contributed by atoms with Gasteiger partial charge in [-0.3, -0.25) is 4.99 Å². The molecule has 24 heavy (non-hydrogen) atoms. The van der Waals surface area contributed by atoms with Crippen LogP contribution in [-0.2, 0) is 20.0 Å². The molecule has 2 rings (SSSR count). The number of nitrogens with one attached hydrogen (secondary N) is 1. The summed E-state index contributed by atoms with van der Waals surface area (Å²) in [5.41, 5.74) is 2.53. The van der Waals surface area contributed by atoms with Crippen LogP contribution in [0.5, 0.6) is 5.75 Å². The topological polar surface area (TPSA) is 41.8 Å². The first-order valence-corrected chi connectivity index (χ1v) is 8.36. The zero-order valence-electron chi connectivity index (χ0n) is 15.1. The largest absolute Gasteiger partial charge is 0.497 e. The molecule has 0 saturated heterocycles. The van der Waals surface area contributed by atoms with Gasteiger partial charge in [0.1, 0.15) is 5.75 Å². The van der Waals surface area contributed by atoms with Gasteiger partial charge in [0.15, 0.2) is 5.96 Å². The van der Waals surface area contributed by atoms with Crippen LogP contribution in [0.25, 0.3) is 0 Å². The second kappa shape index (κ2) is 9.01. The third-order valence-corrected chi connectivity index (χ3v) is 3.97. The Morgan fingerprint density at radius 1 is 1.25 bits per heavy atom. The smallest absolute Gasteiger partial charge is 0.194 e. The molecular formula is C19H28N4O. The van der Waals surface area contributed by atoms with E-state index in [1.165, 1.54) is 11.3 Å². The number of nitrogens with zero attached hydrogens (tertiary/aromatic N) is 3. The normalized spacial score (nSPS) is 11.4. The molecule has 0 aliphatic heterocycles. The molecule has 0 fully saturated rings. The zero-order chi connectivity index (χ0) is 17.4. The lowest BCUT2D eigenvalue weighted by molar-refractivity contribution is 0.414. The molecule has 1 aromatic carbocycles. The Labute approximate surface area is 145 Å². The quantitative estimate of drug-likeness (QED) is 0.628.